The van der Waals surface area contributed by atoms with Gasteiger partial charge in [-0.25, -0.2) is 0 Å². The molecule has 6 nitrogen and oxygen atoms in total. The van der Waals surface area contributed by atoms with Crippen LogP contribution in [0.5, 0.6) is 0 Å². The molecule has 2 rings (SSSR count). The molecule has 0 unspecified atom stereocenters. The number of carbonyl (C=O) groups is 3. The maximum absolute atomic E-state index is 12.4. The molecule has 2 aromatic rings. The van der Waals surface area contributed by atoms with Crippen molar-refractivity contribution in [2.24, 2.45) is 0 Å². The molecule has 0 radical (unpaired) electrons. The number of amides is 3. The Hall–Kier alpha value is -2.28. The minimum Gasteiger partial charge on any atom is -0.352 e. The first-order valence-corrected chi connectivity index (χ1v) is 10.0. The second kappa shape index (κ2) is 11.0. The van der Waals surface area contributed by atoms with Gasteiger partial charge in [-0.2, -0.15) is 0 Å². The number of anilines is 1. The van der Waals surface area contributed by atoms with Crippen molar-refractivity contribution in [3.05, 3.63) is 63.1 Å². The Labute approximate surface area is 184 Å². The highest BCUT2D eigenvalue weighted by Crippen LogP contribution is 2.29. The number of likely N-dealkylation sites (N-methyl/N-ethyl adjacent to an activating group) is 1. The second-order valence-corrected chi connectivity index (χ2v) is 7.32. The van der Waals surface area contributed by atoms with Crippen molar-refractivity contribution in [1.29, 1.82) is 0 Å². The highest BCUT2D eigenvalue weighted by atomic mass is 35.5. The summed E-state index contributed by atoms with van der Waals surface area (Å²) < 4.78 is 0. The fourth-order valence-corrected chi connectivity index (χ4v) is 3.11. The van der Waals surface area contributed by atoms with E-state index in [-0.39, 0.29) is 31.3 Å². The molecular formula is C20H20Cl3N3O3. The molecule has 0 aliphatic heterocycles. The van der Waals surface area contributed by atoms with Crippen LogP contribution in [0, 0.1) is 0 Å². The number of carbonyl (C=O) groups excluding carboxylic acids is 3. The van der Waals surface area contributed by atoms with Gasteiger partial charge in [-0.15, -0.1) is 0 Å². The van der Waals surface area contributed by atoms with Crippen molar-refractivity contribution >= 4 is 58.2 Å². The van der Waals surface area contributed by atoms with Crippen LogP contribution in [0.2, 0.25) is 15.1 Å². The maximum Gasteiger partial charge on any atom is 0.251 e. The number of para-hydroxylation sites is 1. The number of hydrogen-bond donors (Lipinski definition) is 2. The van der Waals surface area contributed by atoms with Crippen LogP contribution in [0.15, 0.2) is 42.5 Å². The molecule has 0 aromatic heterocycles. The fraction of sp³-hybridized carbons (Fsp3) is 0.250. The Morgan fingerprint density at radius 1 is 0.966 bits per heavy atom. The summed E-state index contributed by atoms with van der Waals surface area (Å²) >= 11 is 17.9. The van der Waals surface area contributed by atoms with Crippen molar-refractivity contribution < 1.29 is 14.4 Å². The summed E-state index contributed by atoms with van der Waals surface area (Å²) in [5, 5.41) is 6.45. The van der Waals surface area contributed by atoms with E-state index in [0.717, 1.165) is 0 Å². The molecule has 0 bridgehead atoms. The summed E-state index contributed by atoms with van der Waals surface area (Å²) in [4.78, 5) is 38.1. The molecule has 0 saturated carbocycles. The number of benzene rings is 2. The normalized spacial score (nSPS) is 10.3. The molecule has 2 N–H and O–H groups in total. The van der Waals surface area contributed by atoms with Crippen LogP contribution in [0.25, 0.3) is 0 Å². The largest absolute Gasteiger partial charge is 0.352 e. The van der Waals surface area contributed by atoms with Gasteiger partial charge in [0.25, 0.3) is 5.91 Å². The van der Waals surface area contributed by atoms with E-state index in [0.29, 0.717) is 32.9 Å². The van der Waals surface area contributed by atoms with E-state index in [9.17, 15) is 14.4 Å². The molecule has 2 aromatic carbocycles. The predicted molar refractivity (Wildman–Crippen MR) is 116 cm³/mol. The van der Waals surface area contributed by atoms with Crippen molar-refractivity contribution in [3.63, 3.8) is 0 Å². The number of rotatable bonds is 8. The average Bonchev–Trinajstić information content (AvgIpc) is 2.69. The van der Waals surface area contributed by atoms with E-state index in [1.165, 1.54) is 4.90 Å². The molecule has 0 atom stereocenters. The number of nitrogens with one attached hydrogen (secondary N) is 2. The lowest BCUT2D eigenvalue weighted by molar-refractivity contribution is -0.134. The van der Waals surface area contributed by atoms with E-state index in [2.05, 4.69) is 10.6 Å². The summed E-state index contributed by atoms with van der Waals surface area (Å²) in [5.41, 5.74) is 0.754. The number of halogens is 3. The molecule has 29 heavy (non-hydrogen) atoms. The van der Waals surface area contributed by atoms with E-state index in [4.69, 9.17) is 34.8 Å². The van der Waals surface area contributed by atoms with Gasteiger partial charge in [0, 0.05) is 30.1 Å². The molecule has 3 amide bonds. The van der Waals surface area contributed by atoms with Crippen LogP contribution in [0.3, 0.4) is 0 Å². The lowest BCUT2D eigenvalue weighted by Crippen LogP contribution is -2.39. The Morgan fingerprint density at radius 2 is 1.59 bits per heavy atom. The fourth-order valence-electron chi connectivity index (χ4n) is 2.49. The minimum absolute atomic E-state index is 0.0628. The summed E-state index contributed by atoms with van der Waals surface area (Å²) in [6, 6.07) is 11.3. The van der Waals surface area contributed by atoms with Gasteiger partial charge in [-0.3, -0.25) is 14.4 Å². The van der Waals surface area contributed by atoms with Crippen molar-refractivity contribution in [3.8, 4) is 0 Å². The van der Waals surface area contributed by atoms with Crippen molar-refractivity contribution in [2.75, 3.05) is 25.0 Å². The molecule has 9 heteroatoms. The van der Waals surface area contributed by atoms with Crippen LogP contribution >= 0.6 is 34.8 Å². The molecule has 0 fully saturated rings. The van der Waals surface area contributed by atoms with Crippen molar-refractivity contribution in [2.45, 2.75) is 13.3 Å². The third-order valence-corrected chi connectivity index (χ3v) is 4.91. The molecule has 154 valence electrons. The lowest BCUT2D eigenvalue weighted by atomic mass is 10.2. The highest BCUT2D eigenvalue weighted by molar-refractivity contribution is 6.39. The summed E-state index contributed by atoms with van der Waals surface area (Å²) in [7, 11) is 0. The first-order chi connectivity index (χ1) is 13.8. The van der Waals surface area contributed by atoms with Crippen LogP contribution in [-0.4, -0.2) is 42.3 Å². The third kappa shape index (κ3) is 6.92. The van der Waals surface area contributed by atoms with E-state index >= 15 is 0 Å². The molecule has 0 saturated heterocycles. The van der Waals surface area contributed by atoms with E-state index in [1.54, 1.807) is 49.4 Å². The average molecular weight is 457 g/mol. The van der Waals surface area contributed by atoms with Gasteiger partial charge in [0.2, 0.25) is 11.8 Å². The molecule has 0 aliphatic carbocycles. The van der Waals surface area contributed by atoms with Gasteiger partial charge in [0.1, 0.15) is 0 Å². The minimum atomic E-state index is -0.416. The van der Waals surface area contributed by atoms with Gasteiger partial charge in [0.15, 0.2) is 0 Å². The monoisotopic (exact) mass is 455 g/mol. The first-order valence-electron chi connectivity index (χ1n) is 8.87. The van der Waals surface area contributed by atoms with E-state index in [1.807, 2.05) is 0 Å². The quantitative estimate of drug-likeness (QED) is 0.623. The third-order valence-electron chi connectivity index (χ3n) is 4.03. The van der Waals surface area contributed by atoms with Gasteiger partial charge in [-0.1, -0.05) is 40.9 Å². The second-order valence-electron chi connectivity index (χ2n) is 6.07. The SMILES string of the molecule is CCN(CC(=O)Nc1c(Cl)cccc1Cl)C(=O)CCNC(=O)c1ccc(Cl)cc1. The van der Waals surface area contributed by atoms with Crippen molar-refractivity contribution in [1.82, 2.24) is 10.2 Å². The molecule has 0 spiro atoms. The standard InChI is InChI=1S/C20H20Cl3N3O3/c1-2-26(12-17(27)25-19-15(22)4-3-5-16(19)23)18(28)10-11-24-20(29)13-6-8-14(21)9-7-13/h3-9H,2,10-12H2,1H3,(H,24,29)(H,25,27). The molecule has 0 heterocycles. The molecular weight excluding hydrogens is 437 g/mol. The zero-order valence-electron chi connectivity index (χ0n) is 15.7. The smallest absolute Gasteiger partial charge is 0.251 e. The summed E-state index contributed by atoms with van der Waals surface area (Å²) in [5.74, 6) is -0.978. The predicted octanol–water partition coefficient (Wildman–Crippen LogP) is 4.25. The summed E-state index contributed by atoms with van der Waals surface area (Å²) in [6.07, 6.45) is 0.0628. The highest BCUT2D eigenvalue weighted by Gasteiger charge is 2.17. The zero-order chi connectivity index (χ0) is 21.4. The van der Waals surface area contributed by atoms with Gasteiger partial charge >= 0.3 is 0 Å². The Balaban J connectivity index is 1.84. The van der Waals surface area contributed by atoms with Crippen LogP contribution in [0.4, 0.5) is 5.69 Å². The topological polar surface area (TPSA) is 78.5 Å². The van der Waals surface area contributed by atoms with E-state index < -0.39 is 5.91 Å². The van der Waals surface area contributed by atoms with Gasteiger partial charge in [-0.05, 0) is 43.3 Å². The Morgan fingerprint density at radius 3 is 2.17 bits per heavy atom. The number of hydrogen-bond acceptors (Lipinski definition) is 3. The zero-order valence-corrected chi connectivity index (χ0v) is 17.9. The van der Waals surface area contributed by atoms with Gasteiger partial charge in [0.05, 0.1) is 22.3 Å². The maximum atomic E-state index is 12.4. The number of nitrogens with zero attached hydrogens (tertiary/aromatic N) is 1. The Bertz CT molecular complexity index is 868. The van der Waals surface area contributed by atoms with Crippen LogP contribution in [0.1, 0.15) is 23.7 Å². The Kier molecular flexibility index (Phi) is 8.76. The van der Waals surface area contributed by atoms with Crippen LogP contribution in [-0.2, 0) is 9.59 Å². The lowest BCUT2D eigenvalue weighted by Gasteiger charge is -2.21. The molecule has 0 aliphatic rings. The van der Waals surface area contributed by atoms with Crippen LogP contribution < -0.4 is 10.6 Å². The summed E-state index contributed by atoms with van der Waals surface area (Å²) in [6.45, 7) is 2.10. The first kappa shape index (κ1) is 23.0. The van der Waals surface area contributed by atoms with Gasteiger partial charge < -0.3 is 15.5 Å².